The van der Waals surface area contributed by atoms with Crippen LogP contribution < -0.4 is 9.80 Å². The number of pyridine rings is 1. The minimum absolute atomic E-state index is 0.840. The molecule has 1 fully saturated rings. The molecular formula is C18H26N6. The van der Waals surface area contributed by atoms with Gasteiger partial charge in [0.05, 0.1) is 5.69 Å². The second kappa shape index (κ2) is 7.13. The summed E-state index contributed by atoms with van der Waals surface area (Å²) in [7, 11) is 4.03. The van der Waals surface area contributed by atoms with Gasteiger partial charge in [-0.15, -0.1) is 0 Å². The fraction of sp³-hybridized carbons (Fsp3) is 0.500. The number of aromatic nitrogens is 3. The third-order valence-electron chi connectivity index (χ3n) is 4.43. The van der Waals surface area contributed by atoms with Gasteiger partial charge in [0.2, 0.25) is 5.95 Å². The van der Waals surface area contributed by atoms with E-state index in [1.54, 1.807) is 0 Å². The van der Waals surface area contributed by atoms with Crippen LogP contribution in [0.4, 0.5) is 11.8 Å². The Kier molecular flexibility index (Phi) is 4.94. The molecule has 0 amide bonds. The molecule has 128 valence electrons. The topological polar surface area (TPSA) is 48.4 Å². The third-order valence-corrected chi connectivity index (χ3v) is 4.43. The minimum atomic E-state index is 0.840. The first kappa shape index (κ1) is 16.6. The number of hydrogen-bond acceptors (Lipinski definition) is 6. The molecule has 6 nitrogen and oxygen atoms in total. The fourth-order valence-electron chi connectivity index (χ4n) is 2.91. The summed E-state index contributed by atoms with van der Waals surface area (Å²) in [5, 5.41) is 0. The zero-order valence-corrected chi connectivity index (χ0v) is 15.0. The van der Waals surface area contributed by atoms with Crippen molar-refractivity contribution >= 4 is 11.8 Å². The third kappa shape index (κ3) is 3.82. The van der Waals surface area contributed by atoms with Crippen LogP contribution in [-0.4, -0.2) is 60.1 Å². The molecule has 0 unspecified atom stereocenters. The Balaban J connectivity index is 1.64. The zero-order valence-electron chi connectivity index (χ0n) is 15.0. The van der Waals surface area contributed by atoms with Gasteiger partial charge in [0.1, 0.15) is 5.82 Å². The summed E-state index contributed by atoms with van der Waals surface area (Å²) in [6.07, 6.45) is 1.88. The lowest BCUT2D eigenvalue weighted by Crippen LogP contribution is -2.46. The standard InChI is InChI=1S/C18H26N6/c1-14-6-5-7-19-16(14)13-23-8-10-24(11-9-23)18-20-15(2)12-17(21-18)22(3)4/h5-7,12H,8-11,13H2,1-4H3. The van der Waals surface area contributed by atoms with E-state index < -0.39 is 0 Å². The molecule has 24 heavy (non-hydrogen) atoms. The summed E-state index contributed by atoms with van der Waals surface area (Å²) in [6.45, 7) is 8.97. The molecule has 0 aromatic carbocycles. The Morgan fingerprint density at radius 1 is 1.08 bits per heavy atom. The van der Waals surface area contributed by atoms with Crippen LogP contribution in [0, 0.1) is 13.8 Å². The van der Waals surface area contributed by atoms with E-state index in [1.807, 2.05) is 44.2 Å². The lowest BCUT2D eigenvalue weighted by molar-refractivity contribution is 0.245. The lowest BCUT2D eigenvalue weighted by atomic mass is 10.2. The fourth-order valence-corrected chi connectivity index (χ4v) is 2.91. The maximum Gasteiger partial charge on any atom is 0.227 e. The van der Waals surface area contributed by atoms with Crippen LogP contribution in [-0.2, 0) is 6.54 Å². The van der Waals surface area contributed by atoms with Crippen LogP contribution in [0.3, 0.4) is 0 Å². The van der Waals surface area contributed by atoms with Gasteiger partial charge in [-0.25, -0.2) is 4.98 Å². The normalized spacial score (nSPS) is 15.6. The molecule has 0 aliphatic carbocycles. The van der Waals surface area contributed by atoms with Crippen molar-refractivity contribution in [1.29, 1.82) is 0 Å². The van der Waals surface area contributed by atoms with Crippen LogP contribution in [0.2, 0.25) is 0 Å². The quantitative estimate of drug-likeness (QED) is 0.855. The van der Waals surface area contributed by atoms with E-state index in [9.17, 15) is 0 Å². The van der Waals surface area contributed by atoms with Crippen LogP contribution in [0.5, 0.6) is 0 Å². The number of anilines is 2. The van der Waals surface area contributed by atoms with Gasteiger partial charge in [-0.05, 0) is 25.5 Å². The van der Waals surface area contributed by atoms with E-state index in [0.29, 0.717) is 0 Å². The Labute approximate surface area is 144 Å². The maximum absolute atomic E-state index is 4.69. The highest BCUT2D eigenvalue weighted by Gasteiger charge is 2.20. The molecule has 1 aliphatic rings. The molecule has 6 heteroatoms. The maximum atomic E-state index is 4.69. The molecule has 0 bridgehead atoms. The van der Waals surface area contributed by atoms with Crippen LogP contribution in [0.15, 0.2) is 24.4 Å². The molecule has 0 N–H and O–H groups in total. The summed E-state index contributed by atoms with van der Waals surface area (Å²) in [5.41, 5.74) is 3.44. The SMILES string of the molecule is Cc1cc(N(C)C)nc(N2CCN(Cc3ncccc3C)CC2)n1. The summed E-state index contributed by atoms with van der Waals surface area (Å²) in [4.78, 5) is 20.6. The molecule has 3 heterocycles. The van der Waals surface area contributed by atoms with Gasteiger partial charge >= 0.3 is 0 Å². The van der Waals surface area contributed by atoms with Crippen molar-refractivity contribution in [1.82, 2.24) is 19.9 Å². The largest absolute Gasteiger partial charge is 0.363 e. The highest BCUT2D eigenvalue weighted by molar-refractivity contribution is 5.45. The van der Waals surface area contributed by atoms with Gasteiger partial charge in [-0.3, -0.25) is 9.88 Å². The second-order valence-corrected chi connectivity index (χ2v) is 6.59. The Hall–Kier alpha value is -2.21. The number of nitrogens with zero attached hydrogens (tertiary/aromatic N) is 6. The van der Waals surface area contributed by atoms with Gasteiger partial charge in [-0.2, -0.15) is 4.98 Å². The predicted octanol–water partition coefficient (Wildman–Crippen LogP) is 1.88. The molecular weight excluding hydrogens is 300 g/mol. The first-order valence-electron chi connectivity index (χ1n) is 8.44. The van der Waals surface area contributed by atoms with Crippen LogP contribution in [0.1, 0.15) is 17.0 Å². The second-order valence-electron chi connectivity index (χ2n) is 6.59. The van der Waals surface area contributed by atoms with E-state index in [2.05, 4.69) is 37.7 Å². The Morgan fingerprint density at radius 2 is 1.83 bits per heavy atom. The van der Waals surface area contributed by atoms with E-state index in [1.165, 1.54) is 11.3 Å². The summed E-state index contributed by atoms with van der Waals surface area (Å²) >= 11 is 0. The van der Waals surface area contributed by atoms with Crippen molar-refractivity contribution in [3.63, 3.8) is 0 Å². The first-order valence-corrected chi connectivity index (χ1v) is 8.44. The molecule has 3 rings (SSSR count). The van der Waals surface area contributed by atoms with Gasteiger partial charge in [0.15, 0.2) is 0 Å². The monoisotopic (exact) mass is 326 g/mol. The number of hydrogen-bond donors (Lipinski definition) is 0. The van der Waals surface area contributed by atoms with Gasteiger partial charge < -0.3 is 9.80 Å². The van der Waals surface area contributed by atoms with E-state index in [-0.39, 0.29) is 0 Å². The number of aryl methyl sites for hydroxylation is 2. The molecule has 0 radical (unpaired) electrons. The average molecular weight is 326 g/mol. The zero-order chi connectivity index (χ0) is 17.1. The van der Waals surface area contributed by atoms with Crippen molar-refractivity contribution in [2.24, 2.45) is 0 Å². The molecule has 1 saturated heterocycles. The van der Waals surface area contributed by atoms with Crippen molar-refractivity contribution in [2.45, 2.75) is 20.4 Å². The lowest BCUT2D eigenvalue weighted by Gasteiger charge is -2.35. The summed E-state index contributed by atoms with van der Waals surface area (Å²) < 4.78 is 0. The minimum Gasteiger partial charge on any atom is -0.363 e. The van der Waals surface area contributed by atoms with Gasteiger partial charge in [-0.1, -0.05) is 6.07 Å². The molecule has 0 spiro atoms. The van der Waals surface area contributed by atoms with Crippen LogP contribution in [0.25, 0.3) is 0 Å². The molecule has 0 atom stereocenters. The van der Waals surface area contributed by atoms with Crippen molar-refractivity contribution < 1.29 is 0 Å². The van der Waals surface area contributed by atoms with E-state index >= 15 is 0 Å². The number of rotatable bonds is 4. The summed E-state index contributed by atoms with van der Waals surface area (Å²) in [6, 6.07) is 6.14. The van der Waals surface area contributed by atoms with Crippen molar-refractivity contribution in [3.8, 4) is 0 Å². The summed E-state index contributed by atoms with van der Waals surface area (Å²) in [5.74, 6) is 1.80. The van der Waals surface area contributed by atoms with Crippen LogP contribution >= 0.6 is 0 Å². The Bertz CT molecular complexity index is 692. The highest BCUT2D eigenvalue weighted by atomic mass is 15.3. The van der Waals surface area contributed by atoms with Crippen molar-refractivity contribution in [2.75, 3.05) is 50.1 Å². The molecule has 2 aromatic heterocycles. The van der Waals surface area contributed by atoms with Gasteiger partial charge in [0, 0.05) is 64.8 Å². The highest BCUT2D eigenvalue weighted by Crippen LogP contribution is 2.18. The molecule has 0 saturated carbocycles. The first-order chi connectivity index (χ1) is 11.5. The van der Waals surface area contributed by atoms with E-state index in [4.69, 9.17) is 0 Å². The molecule has 1 aliphatic heterocycles. The smallest absolute Gasteiger partial charge is 0.227 e. The molecule has 2 aromatic rings. The number of piperazine rings is 1. The van der Waals surface area contributed by atoms with Crippen molar-refractivity contribution in [3.05, 3.63) is 41.3 Å². The average Bonchev–Trinajstić information content (AvgIpc) is 2.57. The van der Waals surface area contributed by atoms with E-state index in [0.717, 1.165) is 50.2 Å². The Morgan fingerprint density at radius 3 is 2.50 bits per heavy atom. The predicted molar refractivity (Wildman–Crippen MR) is 97.6 cm³/mol. The van der Waals surface area contributed by atoms with Gasteiger partial charge in [0.25, 0.3) is 0 Å².